The third kappa shape index (κ3) is 4.12. The Balaban J connectivity index is 1.99. The van der Waals surface area contributed by atoms with Crippen LogP contribution in [0.3, 0.4) is 0 Å². The van der Waals surface area contributed by atoms with Gasteiger partial charge in [-0.2, -0.15) is 0 Å². The summed E-state index contributed by atoms with van der Waals surface area (Å²) < 4.78 is 5.55. The molecule has 1 N–H and O–H groups in total. The fourth-order valence-electron chi connectivity index (χ4n) is 3.30. The summed E-state index contributed by atoms with van der Waals surface area (Å²) in [7, 11) is 0. The molecule has 1 aliphatic heterocycles. The summed E-state index contributed by atoms with van der Waals surface area (Å²) in [4.78, 5) is 31.1. The number of carbonyl (C=O) groups excluding carboxylic acids is 2. The number of aliphatic hydroxyl groups is 1. The molecule has 2 aromatic rings. The van der Waals surface area contributed by atoms with E-state index in [1.165, 1.54) is 4.90 Å². The maximum absolute atomic E-state index is 12.8. The van der Waals surface area contributed by atoms with E-state index in [1.54, 1.807) is 48.8 Å². The van der Waals surface area contributed by atoms with Crippen molar-refractivity contribution in [1.29, 1.82) is 0 Å². The van der Waals surface area contributed by atoms with Crippen molar-refractivity contribution in [3.05, 3.63) is 71.6 Å². The van der Waals surface area contributed by atoms with Gasteiger partial charge in [-0.25, -0.2) is 0 Å². The van der Waals surface area contributed by atoms with Gasteiger partial charge >= 0.3 is 0 Å². The minimum Gasteiger partial charge on any atom is -0.507 e. The lowest BCUT2D eigenvalue weighted by Gasteiger charge is -2.25. The van der Waals surface area contributed by atoms with Crippen LogP contribution in [0.2, 0.25) is 0 Å². The van der Waals surface area contributed by atoms with E-state index < -0.39 is 17.7 Å². The number of Topliss-reactive ketones (excluding diaryl/α,β-unsaturated/α-hetero) is 1. The van der Waals surface area contributed by atoms with Gasteiger partial charge in [-0.15, -0.1) is 0 Å². The molecule has 1 atom stereocenters. The van der Waals surface area contributed by atoms with Crippen molar-refractivity contribution in [3.63, 3.8) is 0 Å². The molecule has 0 aliphatic carbocycles. The molecule has 0 spiro atoms. The van der Waals surface area contributed by atoms with E-state index >= 15 is 0 Å². The van der Waals surface area contributed by atoms with E-state index in [0.29, 0.717) is 30.7 Å². The van der Waals surface area contributed by atoms with E-state index in [2.05, 4.69) is 4.98 Å². The second-order valence-electron chi connectivity index (χ2n) is 6.92. The number of nitrogens with zero attached hydrogens (tertiary/aromatic N) is 2. The maximum Gasteiger partial charge on any atom is 0.295 e. The molecule has 0 bridgehead atoms. The van der Waals surface area contributed by atoms with E-state index in [1.807, 2.05) is 19.9 Å². The van der Waals surface area contributed by atoms with Gasteiger partial charge in [0.2, 0.25) is 0 Å². The number of pyridine rings is 1. The predicted octanol–water partition coefficient (Wildman–Crippen LogP) is 3.32. The van der Waals surface area contributed by atoms with Crippen LogP contribution in [0.25, 0.3) is 5.76 Å². The van der Waals surface area contributed by atoms with Crippen molar-refractivity contribution in [2.24, 2.45) is 0 Å². The van der Waals surface area contributed by atoms with Crippen LogP contribution in [0.15, 0.2) is 60.4 Å². The molecule has 1 aromatic carbocycles. The van der Waals surface area contributed by atoms with Crippen LogP contribution in [0.1, 0.15) is 37.4 Å². The molecule has 1 aliphatic rings. The number of aliphatic hydroxyl groups excluding tert-OH is 1. The molecule has 1 fully saturated rings. The standard InChI is InChI=1S/C22H24N2O4/c1-15(2)28-13-7-12-24-19(17-10-6-11-23-14-17)18(21(26)22(24)27)20(25)16-8-4-3-5-9-16/h3-6,8-11,14-15,19,25H,7,12-13H2,1-2H3/t19-/m0/s1. The first-order valence-electron chi connectivity index (χ1n) is 9.36. The normalized spacial score (nSPS) is 18.8. The van der Waals surface area contributed by atoms with Crippen molar-refractivity contribution >= 4 is 17.4 Å². The van der Waals surface area contributed by atoms with Crippen LogP contribution < -0.4 is 0 Å². The second-order valence-corrected chi connectivity index (χ2v) is 6.92. The Morgan fingerprint density at radius 3 is 2.57 bits per heavy atom. The highest BCUT2D eigenvalue weighted by Gasteiger charge is 2.45. The summed E-state index contributed by atoms with van der Waals surface area (Å²) in [5.41, 5.74) is 1.27. The molecule has 0 saturated carbocycles. The van der Waals surface area contributed by atoms with Gasteiger partial charge in [0, 0.05) is 31.1 Å². The Hall–Kier alpha value is -2.99. The second kappa shape index (κ2) is 8.80. The first-order chi connectivity index (χ1) is 13.5. The Morgan fingerprint density at radius 2 is 1.93 bits per heavy atom. The summed E-state index contributed by atoms with van der Waals surface area (Å²) >= 11 is 0. The zero-order valence-electron chi connectivity index (χ0n) is 16.0. The van der Waals surface area contributed by atoms with Gasteiger partial charge in [-0.3, -0.25) is 14.6 Å². The van der Waals surface area contributed by atoms with Gasteiger partial charge in [0.15, 0.2) is 0 Å². The highest BCUT2D eigenvalue weighted by molar-refractivity contribution is 6.46. The number of carbonyl (C=O) groups is 2. The monoisotopic (exact) mass is 380 g/mol. The Bertz CT molecular complexity index is 863. The quantitative estimate of drug-likeness (QED) is 0.345. The molecule has 146 valence electrons. The summed E-state index contributed by atoms with van der Waals surface area (Å²) in [6, 6.07) is 11.7. The molecule has 1 aromatic heterocycles. The third-order valence-electron chi connectivity index (χ3n) is 4.58. The molecule has 28 heavy (non-hydrogen) atoms. The van der Waals surface area contributed by atoms with E-state index in [9.17, 15) is 14.7 Å². The lowest BCUT2D eigenvalue weighted by atomic mass is 9.96. The average Bonchev–Trinajstić information content (AvgIpc) is 2.96. The Morgan fingerprint density at radius 1 is 1.18 bits per heavy atom. The van der Waals surface area contributed by atoms with Crippen molar-refractivity contribution in [1.82, 2.24) is 9.88 Å². The average molecular weight is 380 g/mol. The number of hydrogen-bond acceptors (Lipinski definition) is 5. The highest BCUT2D eigenvalue weighted by Crippen LogP contribution is 2.39. The van der Waals surface area contributed by atoms with Crippen molar-refractivity contribution in [2.45, 2.75) is 32.4 Å². The van der Waals surface area contributed by atoms with Crippen molar-refractivity contribution < 1.29 is 19.4 Å². The number of hydrogen-bond donors (Lipinski definition) is 1. The van der Waals surface area contributed by atoms with Crippen LogP contribution in [-0.2, 0) is 14.3 Å². The Kier molecular flexibility index (Phi) is 6.21. The summed E-state index contributed by atoms with van der Waals surface area (Å²) in [6.45, 7) is 4.73. The van der Waals surface area contributed by atoms with Gasteiger partial charge in [0.25, 0.3) is 11.7 Å². The van der Waals surface area contributed by atoms with Crippen LogP contribution in [-0.4, -0.2) is 45.9 Å². The van der Waals surface area contributed by atoms with Crippen LogP contribution in [0.5, 0.6) is 0 Å². The smallest absolute Gasteiger partial charge is 0.295 e. The molecule has 6 nitrogen and oxygen atoms in total. The molecule has 0 radical (unpaired) electrons. The van der Waals surface area contributed by atoms with E-state index in [0.717, 1.165) is 0 Å². The third-order valence-corrected chi connectivity index (χ3v) is 4.58. The SMILES string of the molecule is CC(C)OCCCN1C(=O)C(=O)C(=C(O)c2ccccc2)[C@@H]1c1cccnc1. The number of likely N-dealkylation sites (tertiary alicyclic amines) is 1. The van der Waals surface area contributed by atoms with E-state index in [-0.39, 0.29) is 17.4 Å². The fourth-order valence-corrected chi connectivity index (χ4v) is 3.30. The molecule has 0 unspecified atom stereocenters. The summed E-state index contributed by atoms with van der Waals surface area (Å²) in [5.74, 6) is -1.47. The highest BCUT2D eigenvalue weighted by atomic mass is 16.5. The minimum absolute atomic E-state index is 0.0916. The van der Waals surface area contributed by atoms with Crippen LogP contribution in [0.4, 0.5) is 0 Å². The van der Waals surface area contributed by atoms with Gasteiger partial charge in [0.05, 0.1) is 17.7 Å². The van der Waals surface area contributed by atoms with Gasteiger partial charge in [-0.05, 0) is 31.9 Å². The zero-order valence-corrected chi connectivity index (χ0v) is 16.0. The van der Waals surface area contributed by atoms with Crippen molar-refractivity contribution in [3.8, 4) is 0 Å². The lowest BCUT2D eigenvalue weighted by Crippen LogP contribution is -2.31. The maximum atomic E-state index is 12.8. The molecule has 1 saturated heterocycles. The molecular weight excluding hydrogens is 356 g/mol. The number of benzene rings is 1. The number of ether oxygens (including phenoxy) is 1. The predicted molar refractivity (Wildman–Crippen MR) is 105 cm³/mol. The fraction of sp³-hybridized carbons (Fsp3) is 0.318. The first kappa shape index (κ1) is 19.8. The molecule has 2 heterocycles. The van der Waals surface area contributed by atoms with Gasteiger partial charge < -0.3 is 14.7 Å². The summed E-state index contributed by atoms with van der Waals surface area (Å²) in [5, 5.41) is 10.8. The largest absolute Gasteiger partial charge is 0.507 e. The number of amides is 1. The number of ketones is 1. The minimum atomic E-state index is -0.681. The zero-order chi connectivity index (χ0) is 20.1. The van der Waals surface area contributed by atoms with E-state index in [4.69, 9.17) is 4.74 Å². The van der Waals surface area contributed by atoms with Crippen LogP contribution >= 0.6 is 0 Å². The van der Waals surface area contributed by atoms with Crippen LogP contribution in [0, 0.1) is 0 Å². The molecular formula is C22H24N2O4. The lowest BCUT2D eigenvalue weighted by molar-refractivity contribution is -0.140. The number of aromatic nitrogens is 1. The Labute approximate surface area is 164 Å². The number of rotatable bonds is 7. The molecule has 6 heteroatoms. The summed E-state index contributed by atoms with van der Waals surface area (Å²) in [6.07, 6.45) is 3.94. The molecule has 3 rings (SSSR count). The van der Waals surface area contributed by atoms with Crippen molar-refractivity contribution in [2.75, 3.05) is 13.2 Å². The van der Waals surface area contributed by atoms with Gasteiger partial charge in [0.1, 0.15) is 5.76 Å². The molecule has 1 amide bonds. The topological polar surface area (TPSA) is 79.7 Å². The first-order valence-corrected chi connectivity index (χ1v) is 9.36. The van der Waals surface area contributed by atoms with Gasteiger partial charge in [-0.1, -0.05) is 36.4 Å².